The lowest BCUT2D eigenvalue weighted by atomic mass is 10.2. The van der Waals surface area contributed by atoms with Crippen molar-refractivity contribution < 1.29 is 17.0 Å². The van der Waals surface area contributed by atoms with Crippen LogP contribution in [0.2, 0.25) is 18.1 Å². The van der Waals surface area contributed by atoms with E-state index in [1.54, 1.807) is 6.92 Å². The molecule has 30 heavy (non-hydrogen) atoms. The number of aromatic nitrogens is 2. The normalized spacial score (nSPS) is 14.7. The Kier molecular flexibility index (Phi) is 10.0. The van der Waals surface area contributed by atoms with Gasteiger partial charge in [-0.05, 0) is 68.4 Å². The first kappa shape index (κ1) is 28.0. The topological polar surface area (TPSA) is 73.7 Å². The fourth-order valence-electron chi connectivity index (χ4n) is 2.86. The molecule has 0 spiro atoms. The van der Waals surface area contributed by atoms with Crippen molar-refractivity contribution in [2.45, 2.75) is 91.8 Å². The highest BCUT2D eigenvalue weighted by molar-refractivity contribution is 14.1. The third-order valence-electron chi connectivity index (χ3n) is 5.64. The standard InChI is InChI=1S/C20H40IN3O4SSi/c1-15(2)23(13-16(3)28-29(8,25)26)14-18-19(21)17(4)22-24(18)11-12-27-30(9,10)20(5,6)7/h15-16H,11-14H2,1-10H3/t16-/m1/s1. The molecule has 0 N–H and O–H groups in total. The van der Waals surface area contributed by atoms with Crippen molar-refractivity contribution in [2.24, 2.45) is 0 Å². The molecule has 10 heteroatoms. The molecule has 0 aliphatic rings. The highest BCUT2D eigenvalue weighted by atomic mass is 127. The third-order valence-corrected chi connectivity index (χ3v) is 12.3. The van der Waals surface area contributed by atoms with E-state index in [0.29, 0.717) is 26.2 Å². The van der Waals surface area contributed by atoms with E-state index < -0.39 is 24.5 Å². The van der Waals surface area contributed by atoms with E-state index in [-0.39, 0.29) is 11.1 Å². The zero-order valence-corrected chi connectivity index (χ0v) is 24.2. The molecule has 0 fully saturated rings. The Morgan fingerprint density at radius 3 is 2.27 bits per heavy atom. The Bertz CT molecular complexity index is 804. The van der Waals surface area contributed by atoms with E-state index in [1.807, 2.05) is 11.6 Å². The average molecular weight is 574 g/mol. The fourth-order valence-corrected chi connectivity index (χ4v) is 5.11. The first-order chi connectivity index (χ1) is 13.4. The summed E-state index contributed by atoms with van der Waals surface area (Å²) in [5, 5.41) is 4.91. The van der Waals surface area contributed by atoms with E-state index in [2.05, 4.69) is 75.2 Å². The molecular formula is C20H40IN3O4SSi. The minimum absolute atomic E-state index is 0.175. The van der Waals surface area contributed by atoms with Gasteiger partial charge in [0.25, 0.3) is 10.1 Å². The van der Waals surface area contributed by atoms with Crippen LogP contribution in [0.1, 0.15) is 52.9 Å². The lowest BCUT2D eigenvalue weighted by Crippen LogP contribution is -2.41. The van der Waals surface area contributed by atoms with Crippen LogP contribution in [0.3, 0.4) is 0 Å². The molecule has 0 saturated carbocycles. The highest BCUT2D eigenvalue weighted by Crippen LogP contribution is 2.36. The number of nitrogens with zero attached hydrogens (tertiary/aromatic N) is 3. The van der Waals surface area contributed by atoms with Crippen molar-refractivity contribution in [2.75, 3.05) is 19.4 Å². The maximum Gasteiger partial charge on any atom is 0.264 e. The van der Waals surface area contributed by atoms with E-state index in [0.717, 1.165) is 21.2 Å². The van der Waals surface area contributed by atoms with E-state index in [1.165, 1.54) is 0 Å². The minimum Gasteiger partial charge on any atom is -0.415 e. The SMILES string of the molecule is Cc1nn(CCO[Si](C)(C)C(C)(C)C)c(CN(C[C@@H](C)OS(C)(=O)=O)C(C)C)c1I. The Hall–Kier alpha value is -0.0131. The minimum atomic E-state index is -3.48. The van der Waals surface area contributed by atoms with Crippen molar-refractivity contribution in [3.63, 3.8) is 0 Å². The van der Waals surface area contributed by atoms with E-state index in [9.17, 15) is 8.42 Å². The molecule has 0 saturated heterocycles. The van der Waals surface area contributed by atoms with Gasteiger partial charge in [0.15, 0.2) is 8.32 Å². The van der Waals surface area contributed by atoms with Crippen LogP contribution in [-0.2, 0) is 31.8 Å². The lowest BCUT2D eigenvalue weighted by molar-refractivity contribution is 0.120. The predicted molar refractivity (Wildman–Crippen MR) is 134 cm³/mol. The van der Waals surface area contributed by atoms with Gasteiger partial charge in [0.1, 0.15) is 0 Å². The lowest BCUT2D eigenvalue weighted by Gasteiger charge is -2.36. The molecule has 1 heterocycles. The first-order valence-electron chi connectivity index (χ1n) is 10.4. The van der Waals surface area contributed by atoms with Gasteiger partial charge < -0.3 is 4.43 Å². The smallest absolute Gasteiger partial charge is 0.264 e. The van der Waals surface area contributed by atoms with E-state index in [4.69, 9.17) is 13.7 Å². The summed E-state index contributed by atoms with van der Waals surface area (Å²) in [4.78, 5) is 2.22. The highest BCUT2D eigenvalue weighted by Gasteiger charge is 2.37. The Morgan fingerprint density at radius 2 is 1.80 bits per heavy atom. The van der Waals surface area contributed by atoms with Crippen LogP contribution in [0.5, 0.6) is 0 Å². The van der Waals surface area contributed by atoms with Crippen LogP contribution in [-0.4, -0.2) is 63.0 Å². The van der Waals surface area contributed by atoms with Crippen LogP contribution in [0.4, 0.5) is 0 Å². The molecule has 0 aliphatic heterocycles. The summed E-state index contributed by atoms with van der Waals surface area (Å²) in [6.07, 6.45) is 0.673. The van der Waals surface area contributed by atoms with Crippen molar-refractivity contribution in [3.05, 3.63) is 15.0 Å². The van der Waals surface area contributed by atoms with Crippen LogP contribution >= 0.6 is 22.6 Å². The zero-order valence-electron chi connectivity index (χ0n) is 20.2. The number of hydrogen-bond acceptors (Lipinski definition) is 6. The van der Waals surface area contributed by atoms with Gasteiger partial charge in [-0.1, -0.05) is 20.8 Å². The molecule has 0 radical (unpaired) electrons. The number of hydrogen-bond donors (Lipinski definition) is 0. The molecule has 0 aromatic carbocycles. The molecule has 0 unspecified atom stereocenters. The summed E-state index contributed by atoms with van der Waals surface area (Å²) in [6.45, 7) is 21.8. The number of rotatable bonds is 11. The van der Waals surface area contributed by atoms with Gasteiger partial charge in [-0.25, -0.2) is 0 Å². The molecule has 1 aromatic heterocycles. The molecule has 1 atom stereocenters. The second-order valence-electron chi connectivity index (χ2n) is 9.81. The van der Waals surface area contributed by atoms with Crippen LogP contribution < -0.4 is 0 Å². The molecule has 0 bridgehead atoms. The average Bonchev–Trinajstić information content (AvgIpc) is 2.78. The molecule has 0 amide bonds. The summed E-state index contributed by atoms with van der Waals surface area (Å²) in [6, 6.07) is 0.235. The maximum atomic E-state index is 11.5. The van der Waals surface area contributed by atoms with Gasteiger partial charge in [-0.2, -0.15) is 13.5 Å². The number of halogens is 1. The van der Waals surface area contributed by atoms with E-state index >= 15 is 0 Å². The Morgan fingerprint density at radius 1 is 1.23 bits per heavy atom. The van der Waals surface area contributed by atoms with Gasteiger partial charge >= 0.3 is 0 Å². The summed E-state index contributed by atoms with van der Waals surface area (Å²) < 4.78 is 37.6. The second-order valence-corrected chi connectivity index (χ2v) is 17.3. The van der Waals surface area contributed by atoms with Crippen molar-refractivity contribution in [1.29, 1.82) is 0 Å². The van der Waals surface area contributed by atoms with Gasteiger partial charge in [-0.3, -0.25) is 13.8 Å². The summed E-state index contributed by atoms with van der Waals surface area (Å²) in [5.74, 6) is 0. The summed E-state index contributed by atoms with van der Waals surface area (Å²) in [7, 11) is -5.28. The van der Waals surface area contributed by atoms with Gasteiger partial charge in [0.05, 0.1) is 40.5 Å². The predicted octanol–water partition coefficient (Wildman–Crippen LogP) is 4.39. The molecule has 0 aliphatic carbocycles. The Labute approximate surface area is 198 Å². The van der Waals surface area contributed by atoms with Crippen LogP contribution in [0, 0.1) is 10.5 Å². The zero-order chi connectivity index (χ0) is 23.5. The third kappa shape index (κ3) is 8.49. The summed E-state index contributed by atoms with van der Waals surface area (Å²) in [5.41, 5.74) is 2.13. The van der Waals surface area contributed by atoms with Crippen molar-refractivity contribution >= 4 is 41.0 Å². The maximum absolute atomic E-state index is 11.5. The monoisotopic (exact) mass is 573 g/mol. The van der Waals surface area contributed by atoms with Crippen LogP contribution in [0.15, 0.2) is 0 Å². The molecule has 1 rings (SSSR count). The largest absolute Gasteiger partial charge is 0.415 e. The van der Waals surface area contributed by atoms with Crippen molar-refractivity contribution in [1.82, 2.24) is 14.7 Å². The first-order valence-corrected chi connectivity index (χ1v) is 16.2. The second kappa shape index (κ2) is 10.7. The number of aryl methyl sites for hydroxylation is 1. The molecule has 176 valence electrons. The molecule has 1 aromatic rings. The summed E-state index contributed by atoms with van der Waals surface area (Å²) >= 11 is 2.35. The van der Waals surface area contributed by atoms with Crippen LogP contribution in [0.25, 0.3) is 0 Å². The molecule has 7 nitrogen and oxygen atoms in total. The Balaban J connectivity index is 2.94. The molecular weight excluding hydrogens is 533 g/mol. The van der Waals surface area contributed by atoms with Gasteiger partial charge in [0, 0.05) is 19.1 Å². The van der Waals surface area contributed by atoms with Gasteiger partial charge in [-0.15, -0.1) is 0 Å². The van der Waals surface area contributed by atoms with Gasteiger partial charge in [0.2, 0.25) is 0 Å². The van der Waals surface area contributed by atoms with Crippen molar-refractivity contribution in [3.8, 4) is 0 Å². The quantitative estimate of drug-likeness (QED) is 0.222. The fraction of sp³-hybridized carbons (Fsp3) is 0.850.